The highest BCUT2D eigenvalue weighted by molar-refractivity contribution is 5.02. The quantitative estimate of drug-likeness (QED) is 0.519. The average Bonchev–Trinajstić information content (AvgIpc) is 1.90. The summed E-state index contributed by atoms with van der Waals surface area (Å²) in [7, 11) is 0. The molecule has 0 nitrogen and oxygen atoms in total. The van der Waals surface area contributed by atoms with E-state index in [-0.39, 0.29) is 0 Å². The average molecular weight is 154 g/mol. The molecule has 0 atom stereocenters. The van der Waals surface area contributed by atoms with Crippen LogP contribution in [0.5, 0.6) is 0 Å². The first kappa shape index (κ1) is 13.1. The van der Waals surface area contributed by atoms with Crippen LogP contribution in [0.3, 0.4) is 0 Å². The fourth-order valence-corrected chi connectivity index (χ4v) is 0.530. The normalized spacial score (nSPS) is 7.45. The van der Waals surface area contributed by atoms with Gasteiger partial charge in [-0.25, -0.2) is 0 Å². The van der Waals surface area contributed by atoms with Crippen LogP contribution < -0.4 is 0 Å². The fraction of sp³-hybridized carbons (Fsp3) is 0.636. The van der Waals surface area contributed by atoms with Gasteiger partial charge in [0.25, 0.3) is 0 Å². The van der Waals surface area contributed by atoms with Crippen LogP contribution in [-0.4, -0.2) is 0 Å². The molecule has 0 saturated carbocycles. The molecule has 0 bridgehead atoms. The molecule has 0 fully saturated rings. The van der Waals surface area contributed by atoms with Gasteiger partial charge in [-0.2, -0.15) is 0 Å². The summed E-state index contributed by atoms with van der Waals surface area (Å²) in [6.45, 7) is 12.5. The molecule has 0 saturated heterocycles. The number of rotatable bonds is 2. The second kappa shape index (κ2) is 9.48. The maximum atomic E-state index is 2.23. The highest BCUT2D eigenvalue weighted by atomic mass is 13.8. The monoisotopic (exact) mass is 154 g/mol. The molecule has 0 aliphatic heterocycles. The molecule has 11 heavy (non-hydrogen) atoms. The first-order chi connectivity index (χ1) is 5.13. The van der Waals surface area contributed by atoms with Crippen molar-refractivity contribution in [3.63, 3.8) is 0 Å². The van der Waals surface area contributed by atoms with E-state index in [1.165, 1.54) is 11.1 Å². The molecular weight excluding hydrogens is 132 g/mol. The van der Waals surface area contributed by atoms with Gasteiger partial charge in [0.05, 0.1) is 0 Å². The van der Waals surface area contributed by atoms with Crippen LogP contribution >= 0.6 is 0 Å². The number of hydrogen-bond acceptors (Lipinski definition) is 0. The van der Waals surface area contributed by atoms with Crippen molar-refractivity contribution in [1.82, 2.24) is 0 Å². The van der Waals surface area contributed by atoms with Crippen molar-refractivity contribution in [3.8, 4) is 0 Å². The van der Waals surface area contributed by atoms with Gasteiger partial charge in [-0.05, 0) is 34.1 Å². The van der Waals surface area contributed by atoms with Gasteiger partial charge < -0.3 is 0 Å². The van der Waals surface area contributed by atoms with Crippen molar-refractivity contribution in [2.75, 3.05) is 0 Å². The lowest BCUT2D eigenvalue weighted by Gasteiger charge is -1.87. The van der Waals surface area contributed by atoms with Crippen LogP contribution in [0, 0.1) is 0 Å². The summed E-state index contributed by atoms with van der Waals surface area (Å²) in [5.41, 5.74) is 2.79. The zero-order chi connectivity index (χ0) is 9.28. The summed E-state index contributed by atoms with van der Waals surface area (Å²) < 4.78 is 0. The van der Waals surface area contributed by atoms with E-state index < -0.39 is 0 Å². The largest absolute Gasteiger partial charge is 0.0821 e. The Morgan fingerprint density at radius 1 is 0.818 bits per heavy atom. The van der Waals surface area contributed by atoms with Crippen LogP contribution in [0.15, 0.2) is 23.3 Å². The van der Waals surface area contributed by atoms with Crippen molar-refractivity contribution in [3.05, 3.63) is 23.3 Å². The highest BCUT2D eigenvalue weighted by Crippen LogP contribution is 1.97. The first-order valence-corrected chi connectivity index (χ1v) is 4.39. The van der Waals surface area contributed by atoms with E-state index in [4.69, 9.17) is 0 Å². The molecule has 0 unspecified atom stereocenters. The van der Waals surface area contributed by atoms with Gasteiger partial charge in [0.2, 0.25) is 0 Å². The van der Waals surface area contributed by atoms with Crippen LogP contribution in [0.4, 0.5) is 0 Å². The lowest BCUT2D eigenvalue weighted by Crippen LogP contribution is -1.66. The molecule has 0 aromatic rings. The standard InChI is InChI=1S/C9H16.C2H6/c1-8(2)6-5-7-9(3)4;1-2/h6-7H,5H2,1-4H3;1-2H3. The predicted molar refractivity (Wildman–Crippen MR) is 54.8 cm³/mol. The van der Waals surface area contributed by atoms with E-state index in [1.54, 1.807) is 0 Å². The third kappa shape index (κ3) is 17.7. The van der Waals surface area contributed by atoms with Crippen molar-refractivity contribution in [2.24, 2.45) is 0 Å². The van der Waals surface area contributed by atoms with E-state index in [9.17, 15) is 0 Å². The second-order valence-electron chi connectivity index (χ2n) is 2.80. The molecule has 0 radical (unpaired) electrons. The highest BCUT2D eigenvalue weighted by Gasteiger charge is 1.76. The topological polar surface area (TPSA) is 0 Å². The fourth-order valence-electron chi connectivity index (χ4n) is 0.530. The summed E-state index contributed by atoms with van der Waals surface area (Å²) in [5.74, 6) is 0. The Hall–Kier alpha value is -0.520. The summed E-state index contributed by atoms with van der Waals surface area (Å²) in [4.78, 5) is 0. The smallest absolute Gasteiger partial charge is 0.0164 e. The van der Waals surface area contributed by atoms with Gasteiger partial charge in [0.15, 0.2) is 0 Å². The van der Waals surface area contributed by atoms with Crippen molar-refractivity contribution in [1.29, 1.82) is 0 Å². The first-order valence-electron chi connectivity index (χ1n) is 4.39. The molecule has 0 aliphatic rings. The van der Waals surface area contributed by atoms with Crippen LogP contribution in [0.1, 0.15) is 48.0 Å². The van der Waals surface area contributed by atoms with Gasteiger partial charge in [-0.15, -0.1) is 0 Å². The Morgan fingerprint density at radius 2 is 1.09 bits per heavy atom. The molecule has 0 N–H and O–H groups in total. The van der Waals surface area contributed by atoms with Crippen LogP contribution in [0.25, 0.3) is 0 Å². The SMILES string of the molecule is CC.CC(C)=CCC=C(C)C. The van der Waals surface area contributed by atoms with E-state index >= 15 is 0 Å². The Balaban J connectivity index is 0. The molecular formula is C11H22. The van der Waals surface area contributed by atoms with E-state index in [2.05, 4.69) is 39.8 Å². The Morgan fingerprint density at radius 3 is 1.27 bits per heavy atom. The van der Waals surface area contributed by atoms with Gasteiger partial charge in [-0.3, -0.25) is 0 Å². The molecule has 0 heterocycles. The lowest BCUT2D eigenvalue weighted by molar-refractivity contribution is 1.23. The third-order valence-electron chi connectivity index (χ3n) is 1.05. The zero-order valence-electron chi connectivity index (χ0n) is 8.86. The Labute approximate surface area is 72.0 Å². The molecule has 0 aromatic heterocycles. The van der Waals surface area contributed by atoms with Crippen LogP contribution in [-0.2, 0) is 0 Å². The minimum Gasteiger partial charge on any atom is -0.0821 e. The molecule has 0 spiro atoms. The number of allylic oxidation sites excluding steroid dienone is 4. The van der Waals surface area contributed by atoms with Gasteiger partial charge in [-0.1, -0.05) is 37.1 Å². The minimum atomic E-state index is 1.09. The van der Waals surface area contributed by atoms with Crippen LogP contribution in [0.2, 0.25) is 0 Å². The molecule has 0 aliphatic carbocycles. The van der Waals surface area contributed by atoms with Gasteiger partial charge >= 0.3 is 0 Å². The summed E-state index contributed by atoms with van der Waals surface area (Å²) in [5, 5.41) is 0. The molecule has 0 aromatic carbocycles. The molecule has 0 heteroatoms. The minimum absolute atomic E-state index is 1.09. The lowest BCUT2D eigenvalue weighted by atomic mass is 10.2. The third-order valence-corrected chi connectivity index (χ3v) is 1.05. The van der Waals surface area contributed by atoms with E-state index in [0.717, 1.165) is 6.42 Å². The van der Waals surface area contributed by atoms with Gasteiger partial charge in [0.1, 0.15) is 0 Å². The molecule has 0 amide bonds. The molecule has 0 rings (SSSR count). The maximum absolute atomic E-state index is 2.23. The Kier molecular flexibility index (Phi) is 11.3. The molecule has 66 valence electrons. The summed E-state index contributed by atoms with van der Waals surface area (Å²) in [6.07, 6.45) is 5.55. The van der Waals surface area contributed by atoms with E-state index in [0.29, 0.717) is 0 Å². The number of hydrogen-bond donors (Lipinski definition) is 0. The zero-order valence-corrected chi connectivity index (χ0v) is 8.86. The van der Waals surface area contributed by atoms with Crippen molar-refractivity contribution >= 4 is 0 Å². The summed E-state index contributed by atoms with van der Waals surface area (Å²) >= 11 is 0. The summed E-state index contributed by atoms with van der Waals surface area (Å²) in [6, 6.07) is 0. The second-order valence-corrected chi connectivity index (χ2v) is 2.80. The van der Waals surface area contributed by atoms with Gasteiger partial charge in [0, 0.05) is 0 Å². The predicted octanol–water partition coefficient (Wildman–Crippen LogP) is 4.34. The Bertz CT molecular complexity index is 103. The van der Waals surface area contributed by atoms with E-state index in [1.807, 2.05) is 13.8 Å². The van der Waals surface area contributed by atoms with Crippen molar-refractivity contribution < 1.29 is 0 Å². The van der Waals surface area contributed by atoms with Crippen molar-refractivity contribution in [2.45, 2.75) is 48.0 Å². The maximum Gasteiger partial charge on any atom is -0.0164 e.